The summed E-state index contributed by atoms with van der Waals surface area (Å²) in [7, 11) is 1.73. The van der Waals surface area contributed by atoms with E-state index >= 15 is 0 Å². The van der Waals surface area contributed by atoms with Crippen LogP contribution >= 0.6 is 0 Å². The van der Waals surface area contributed by atoms with Crippen molar-refractivity contribution >= 4 is 11.8 Å². The maximum absolute atomic E-state index is 12.3. The van der Waals surface area contributed by atoms with Gasteiger partial charge < -0.3 is 9.80 Å². The van der Waals surface area contributed by atoms with Crippen molar-refractivity contribution in [1.29, 1.82) is 0 Å². The summed E-state index contributed by atoms with van der Waals surface area (Å²) >= 11 is 0. The first-order valence-electron chi connectivity index (χ1n) is 7.48. The van der Waals surface area contributed by atoms with Crippen LogP contribution in [0.1, 0.15) is 43.6 Å². The molecule has 2 heterocycles. The average Bonchev–Trinajstić information content (AvgIpc) is 2.90. The predicted octanol–water partition coefficient (Wildman–Crippen LogP) is 0.678. The van der Waals surface area contributed by atoms with E-state index in [0.29, 0.717) is 31.7 Å². The lowest BCUT2D eigenvalue weighted by Gasteiger charge is -2.39. The number of aryl methyl sites for hydroxylation is 1. The minimum atomic E-state index is -0.115. The van der Waals surface area contributed by atoms with Gasteiger partial charge in [-0.2, -0.15) is 0 Å². The molecule has 21 heavy (non-hydrogen) atoms. The van der Waals surface area contributed by atoms with Crippen molar-refractivity contribution in [2.75, 3.05) is 19.6 Å². The molecule has 0 unspecified atom stereocenters. The summed E-state index contributed by atoms with van der Waals surface area (Å²) < 4.78 is 1.52. The Morgan fingerprint density at radius 2 is 2.14 bits per heavy atom. The number of rotatable bonds is 4. The summed E-state index contributed by atoms with van der Waals surface area (Å²) in [6.07, 6.45) is 4.15. The normalized spacial score (nSPS) is 18.9. The third-order valence-electron chi connectivity index (χ3n) is 3.80. The molecule has 0 saturated carbocycles. The number of carbonyl (C=O) groups excluding carboxylic acids is 2. The largest absolute Gasteiger partial charge is 0.336 e. The Balaban J connectivity index is 1.94. The van der Waals surface area contributed by atoms with Crippen LogP contribution in [0.5, 0.6) is 0 Å². The van der Waals surface area contributed by atoms with Gasteiger partial charge in [-0.3, -0.25) is 14.3 Å². The second-order valence-corrected chi connectivity index (χ2v) is 5.57. The second-order valence-electron chi connectivity index (χ2n) is 5.57. The average molecular weight is 293 g/mol. The van der Waals surface area contributed by atoms with E-state index < -0.39 is 0 Å². The number of nitrogens with zero attached hydrogens (tertiary/aromatic N) is 5. The van der Waals surface area contributed by atoms with Crippen LogP contribution in [0.2, 0.25) is 0 Å². The zero-order valence-electron chi connectivity index (χ0n) is 12.9. The van der Waals surface area contributed by atoms with Crippen molar-refractivity contribution in [3.05, 3.63) is 11.9 Å². The zero-order chi connectivity index (χ0) is 15.4. The number of aromatic nitrogens is 3. The lowest BCUT2D eigenvalue weighted by molar-refractivity contribution is -0.135. The molecule has 7 nitrogen and oxygen atoms in total. The van der Waals surface area contributed by atoms with Gasteiger partial charge in [-0.05, 0) is 13.3 Å². The van der Waals surface area contributed by atoms with Gasteiger partial charge in [-0.25, -0.2) is 0 Å². The minimum Gasteiger partial charge on any atom is -0.336 e. The quantitative estimate of drug-likeness (QED) is 0.818. The van der Waals surface area contributed by atoms with Gasteiger partial charge in [0.1, 0.15) is 0 Å². The van der Waals surface area contributed by atoms with Crippen molar-refractivity contribution in [3.63, 3.8) is 0 Å². The fraction of sp³-hybridized carbons (Fsp3) is 0.714. The Morgan fingerprint density at radius 3 is 2.71 bits per heavy atom. The van der Waals surface area contributed by atoms with E-state index in [9.17, 15) is 9.59 Å². The summed E-state index contributed by atoms with van der Waals surface area (Å²) in [5, 5.41) is 7.63. The fourth-order valence-electron chi connectivity index (χ4n) is 2.59. The molecule has 0 radical (unpaired) electrons. The van der Waals surface area contributed by atoms with Gasteiger partial charge in [0.2, 0.25) is 5.91 Å². The minimum absolute atomic E-state index is 0.0451. The first kappa shape index (κ1) is 15.5. The number of hydrogen-bond donors (Lipinski definition) is 0. The molecule has 1 aliphatic heterocycles. The molecular formula is C14H23N5O2. The second kappa shape index (κ2) is 6.69. The topological polar surface area (TPSA) is 71.3 Å². The molecule has 1 aromatic heterocycles. The number of amides is 2. The number of carbonyl (C=O) groups is 2. The molecule has 0 N–H and O–H groups in total. The molecule has 1 fully saturated rings. The van der Waals surface area contributed by atoms with Gasteiger partial charge in [0.15, 0.2) is 5.69 Å². The highest BCUT2D eigenvalue weighted by atomic mass is 16.2. The molecule has 0 aromatic carbocycles. The number of unbranched alkanes of at least 4 members (excludes halogenated alkanes) is 1. The maximum atomic E-state index is 12.3. The van der Waals surface area contributed by atoms with E-state index in [1.54, 1.807) is 18.1 Å². The molecule has 0 spiro atoms. The third kappa shape index (κ3) is 3.59. The van der Waals surface area contributed by atoms with Gasteiger partial charge >= 0.3 is 0 Å². The van der Waals surface area contributed by atoms with Crippen molar-refractivity contribution in [1.82, 2.24) is 24.8 Å². The molecule has 1 aliphatic rings. The Bertz CT molecular complexity index is 513. The summed E-state index contributed by atoms with van der Waals surface area (Å²) in [6.45, 7) is 5.76. The van der Waals surface area contributed by atoms with E-state index in [1.807, 2.05) is 11.8 Å². The third-order valence-corrected chi connectivity index (χ3v) is 3.80. The highest BCUT2D eigenvalue weighted by molar-refractivity contribution is 5.92. The van der Waals surface area contributed by atoms with Crippen LogP contribution in [0.25, 0.3) is 0 Å². The molecule has 7 heteroatoms. The van der Waals surface area contributed by atoms with Crippen molar-refractivity contribution in [3.8, 4) is 0 Å². The van der Waals surface area contributed by atoms with E-state index in [0.717, 1.165) is 12.8 Å². The van der Waals surface area contributed by atoms with Crippen LogP contribution in [0.4, 0.5) is 0 Å². The lowest BCUT2D eigenvalue weighted by Crippen LogP contribution is -2.55. The summed E-state index contributed by atoms with van der Waals surface area (Å²) in [5.41, 5.74) is 0.357. The summed E-state index contributed by atoms with van der Waals surface area (Å²) in [6, 6.07) is 0.0451. The van der Waals surface area contributed by atoms with Crippen molar-refractivity contribution < 1.29 is 9.59 Å². The van der Waals surface area contributed by atoms with Gasteiger partial charge in [-0.15, -0.1) is 5.10 Å². The number of hydrogen-bond acceptors (Lipinski definition) is 4. The highest BCUT2D eigenvalue weighted by Crippen LogP contribution is 2.14. The molecule has 1 saturated heterocycles. The fourth-order valence-corrected chi connectivity index (χ4v) is 2.59. The van der Waals surface area contributed by atoms with Gasteiger partial charge in [0, 0.05) is 39.1 Å². The predicted molar refractivity (Wildman–Crippen MR) is 77.6 cm³/mol. The van der Waals surface area contributed by atoms with Gasteiger partial charge in [0.25, 0.3) is 5.91 Å². The van der Waals surface area contributed by atoms with Gasteiger partial charge in [-0.1, -0.05) is 18.6 Å². The van der Waals surface area contributed by atoms with Crippen LogP contribution < -0.4 is 0 Å². The van der Waals surface area contributed by atoms with Crippen LogP contribution in [0.15, 0.2) is 6.20 Å². The van der Waals surface area contributed by atoms with Crippen molar-refractivity contribution in [2.24, 2.45) is 7.05 Å². The SMILES string of the molecule is CCCCC(=O)N1CCN(C(=O)c2cn(C)nn2)C[C@@H]1C. The lowest BCUT2D eigenvalue weighted by atomic mass is 10.1. The summed E-state index contributed by atoms with van der Waals surface area (Å²) in [4.78, 5) is 28.1. The van der Waals surface area contributed by atoms with Crippen LogP contribution in [-0.2, 0) is 11.8 Å². The first-order valence-corrected chi connectivity index (χ1v) is 7.48. The first-order chi connectivity index (χ1) is 10.0. The van der Waals surface area contributed by atoms with Crippen LogP contribution in [0.3, 0.4) is 0 Å². The molecule has 2 amide bonds. The molecule has 116 valence electrons. The Kier molecular flexibility index (Phi) is 4.93. The molecule has 2 rings (SSSR count). The Morgan fingerprint density at radius 1 is 1.38 bits per heavy atom. The molecule has 0 aliphatic carbocycles. The van der Waals surface area contributed by atoms with E-state index in [1.165, 1.54) is 4.68 Å². The van der Waals surface area contributed by atoms with Crippen molar-refractivity contribution in [2.45, 2.75) is 39.2 Å². The smallest absolute Gasteiger partial charge is 0.276 e. The van der Waals surface area contributed by atoms with Crippen LogP contribution in [0, 0.1) is 0 Å². The zero-order valence-corrected chi connectivity index (χ0v) is 12.9. The maximum Gasteiger partial charge on any atom is 0.276 e. The van der Waals surface area contributed by atoms with E-state index in [2.05, 4.69) is 17.2 Å². The standard InChI is InChI=1S/C14H23N5O2/c1-4-5-6-13(20)19-8-7-18(9-11(19)2)14(21)12-10-17(3)16-15-12/h10-11H,4-9H2,1-3H3/t11-/m0/s1. The molecule has 1 atom stereocenters. The van der Waals surface area contributed by atoms with E-state index in [-0.39, 0.29) is 17.9 Å². The number of piperazine rings is 1. The summed E-state index contributed by atoms with van der Waals surface area (Å²) in [5.74, 6) is 0.0755. The molecule has 0 bridgehead atoms. The Labute approximate surface area is 124 Å². The molecular weight excluding hydrogens is 270 g/mol. The molecule has 1 aromatic rings. The monoisotopic (exact) mass is 293 g/mol. The van der Waals surface area contributed by atoms with Gasteiger partial charge in [0.05, 0.1) is 6.20 Å². The Hall–Kier alpha value is -1.92. The van der Waals surface area contributed by atoms with E-state index in [4.69, 9.17) is 0 Å². The van der Waals surface area contributed by atoms with Crippen LogP contribution in [-0.4, -0.2) is 62.3 Å². The highest BCUT2D eigenvalue weighted by Gasteiger charge is 2.30.